The highest BCUT2D eigenvalue weighted by atomic mass is 15.1. The van der Waals surface area contributed by atoms with E-state index in [0.29, 0.717) is 12.0 Å². The normalized spacial score (nSPS) is 12.2. The Balaban J connectivity index is 2.73. The Morgan fingerprint density at radius 2 is 2.00 bits per heavy atom. The summed E-state index contributed by atoms with van der Waals surface area (Å²) in [5, 5.41) is 6.47. The van der Waals surface area contributed by atoms with Crippen LogP contribution in [0.15, 0.2) is 6.07 Å². The Labute approximate surface area is 96.9 Å². The summed E-state index contributed by atoms with van der Waals surface area (Å²) in [5.41, 5.74) is 5.65. The van der Waals surface area contributed by atoms with E-state index < -0.39 is 0 Å². The van der Waals surface area contributed by atoms with Crippen molar-refractivity contribution in [2.24, 2.45) is 0 Å². The summed E-state index contributed by atoms with van der Waals surface area (Å²) in [7, 11) is 0. The molecule has 5 nitrogen and oxygen atoms in total. The molecule has 0 aliphatic rings. The average Bonchev–Trinajstić information content (AvgIpc) is 2.25. The van der Waals surface area contributed by atoms with E-state index in [-0.39, 0.29) is 0 Å². The molecule has 5 heteroatoms. The van der Waals surface area contributed by atoms with E-state index >= 15 is 0 Å². The zero-order valence-electron chi connectivity index (χ0n) is 10.2. The zero-order valence-corrected chi connectivity index (χ0v) is 10.2. The number of hydrogen-bond acceptors (Lipinski definition) is 5. The molecule has 0 aliphatic carbocycles. The van der Waals surface area contributed by atoms with Gasteiger partial charge in [-0.3, -0.25) is 0 Å². The molecule has 0 saturated heterocycles. The smallest absolute Gasteiger partial charge is 0.223 e. The van der Waals surface area contributed by atoms with Crippen LogP contribution in [0.5, 0.6) is 0 Å². The van der Waals surface area contributed by atoms with E-state index in [4.69, 9.17) is 5.73 Å². The average molecular weight is 223 g/mol. The molecule has 1 aromatic rings. The number of nitrogens with two attached hydrogens (primary N) is 1. The lowest BCUT2D eigenvalue weighted by molar-refractivity contribution is 0.759. The SMILES string of the molecule is CCCNc1cc(NC(C)CC)nc(N)n1. The minimum atomic E-state index is 0.298. The van der Waals surface area contributed by atoms with Gasteiger partial charge in [0.05, 0.1) is 0 Å². The first-order chi connectivity index (χ1) is 7.65. The van der Waals surface area contributed by atoms with Gasteiger partial charge in [0.15, 0.2) is 0 Å². The van der Waals surface area contributed by atoms with Crippen LogP contribution in [-0.4, -0.2) is 22.6 Å². The summed E-state index contributed by atoms with van der Waals surface area (Å²) < 4.78 is 0. The molecule has 1 rings (SSSR count). The summed E-state index contributed by atoms with van der Waals surface area (Å²) in [6.45, 7) is 7.23. The largest absolute Gasteiger partial charge is 0.370 e. The predicted octanol–water partition coefficient (Wildman–Crippen LogP) is 2.09. The minimum absolute atomic E-state index is 0.298. The van der Waals surface area contributed by atoms with Crippen molar-refractivity contribution in [2.75, 3.05) is 22.9 Å². The van der Waals surface area contributed by atoms with Gasteiger partial charge in [0.25, 0.3) is 0 Å². The van der Waals surface area contributed by atoms with Gasteiger partial charge in [0, 0.05) is 18.7 Å². The molecule has 0 spiro atoms. The molecule has 90 valence electrons. The topological polar surface area (TPSA) is 75.9 Å². The maximum absolute atomic E-state index is 5.65. The van der Waals surface area contributed by atoms with Crippen molar-refractivity contribution in [3.05, 3.63) is 6.07 Å². The van der Waals surface area contributed by atoms with E-state index in [1.165, 1.54) is 0 Å². The van der Waals surface area contributed by atoms with Crippen LogP contribution in [0.1, 0.15) is 33.6 Å². The third-order valence-corrected chi connectivity index (χ3v) is 2.31. The highest BCUT2D eigenvalue weighted by molar-refractivity contribution is 5.51. The maximum Gasteiger partial charge on any atom is 0.223 e. The summed E-state index contributed by atoms with van der Waals surface area (Å²) in [6.07, 6.45) is 2.10. The molecule has 16 heavy (non-hydrogen) atoms. The summed E-state index contributed by atoms with van der Waals surface area (Å²) in [4.78, 5) is 8.27. The monoisotopic (exact) mass is 223 g/mol. The fourth-order valence-electron chi connectivity index (χ4n) is 1.24. The highest BCUT2D eigenvalue weighted by Gasteiger charge is 2.04. The number of nitrogens with one attached hydrogen (secondary N) is 2. The molecule has 1 atom stereocenters. The van der Waals surface area contributed by atoms with Crippen molar-refractivity contribution in [1.29, 1.82) is 0 Å². The molecule has 0 radical (unpaired) electrons. The molecular weight excluding hydrogens is 202 g/mol. The van der Waals surface area contributed by atoms with Crippen LogP contribution in [-0.2, 0) is 0 Å². The van der Waals surface area contributed by atoms with Gasteiger partial charge in [-0.2, -0.15) is 9.97 Å². The Morgan fingerprint density at radius 3 is 2.62 bits per heavy atom. The van der Waals surface area contributed by atoms with Crippen LogP contribution in [0.3, 0.4) is 0 Å². The molecule has 1 heterocycles. The van der Waals surface area contributed by atoms with Crippen molar-refractivity contribution < 1.29 is 0 Å². The fraction of sp³-hybridized carbons (Fsp3) is 0.636. The van der Waals surface area contributed by atoms with Gasteiger partial charge in [-0.1, -0.05) is 13.8 Å². The lowest BCUT2D eigenvalue weighted by Crippen LogP contribution is -2.16. The van der Waals surface area contributed by atoms with Gasteiger partial charge in [-0.15, -0.1) is 0 Å². The molecule has 0 fully saturated rings. The first kappa shape index (κ1) is 12.5. The van der Waals surface area contributed by atoms with Gasteiger partial charge in [-0.25, -0.2) is 0 Å². The third-order valence-electron chi connectivity index (χ3n) is 2.31. The van der Waals surface area contributed by atoms with Crippen molar-refractivity contribution in [1.82, 2.24) is 9.97 Å². The number of hydrogen-bond donors (Lipinski definition) is 3. The van der Waals surface area contributed by atoms with E-state index in [0.717, 1.165) is 31.0 Å². The van der Waals surface area contributed by atoms with Crippen LogP contribution in [0.4, 0.5) is 17.6 Å². The molecule has 1 aromatic heterocycles. The first-order valence-electron chi connectivity index (χ1n) is 5.80. The quantitative estimate of drug-likeness (QED) is 0.688. The highest BCUT2D eigenvalue weighted by Crippen LogP contribution is 2.13. The van der Waals surface area contributed by atoms with Crippen LogP contribution in [0.25, 0.3) is 0 Å². The van der Waals surface area contributed by atoms with Crippen molar-refractivity contribution in [3.8, 4) is 0 Å². The van der Waals surface area contributed by atoms with Crippen LogP contribution < -0.4 is 16.4 Å². The van der Waals surface area contributed by atoms with Crippen molar-refractivity contribution in [2.45, 2.75) is 39.7 Å². The number of nitrogen functional groups attached to an aromatic ring is 1. The van der Waals surface area contributed by atoms with Gasteiger partial charge >= 0.3 is 0 Å². The first-order valence-corrected chi connectivity index (χ1v) is 5.80. The Hall–Kier alpha value is -1.52. The van der Waals surface area contributed by atoms with E-state index in [9.17, 15) is 0 Å². The summed E-state index contributed by atoms with van der Waals surface area (Å²) >= 11 is 0. The zero-order chi connectivity index (χ0) is 12.0. The second-order valence-electron chi connectivity index (χ2n) is 3.88. The molecule has 0 aromatic carbocycles. The lowest BCUT2D eigenvalue weighted by atomic mass is 10.2. The van der Waals surface area contributed by atoms with Crippen LogP contribution in [0, 0.1) is 0 Å². The number of anilines is 3. The predicted molar refractivity (Wildman–Crippen MR) is 68.6 cm³/mol. The van der Waals surface area contributed by atoms with E-state index in [1.54, 1.807) is 0 Å². The van der Waals surface area contributed by atoms with Crippen LogP contribution in [0.2, 0.25) is 0 Å². The van der Waals surface area contributed by atoms with Gasteiger partial charge < -0.3 is 16.4 Å². The van der Waals surface area contributed by atoms with Crippen LogP contribution >= 0.6 is 0 Å². The lowest BCUT2D eigenvalue weighted by Gasteiger charge is -2.13. The van der Waals surface area contributed by atoms with Gasteiger partial charge in [0.1, 0.15) is 11.6 Å². The van der Waals surface area contributed by atoms with Gasteiger partial charge in [-0.05, 0) is 19.8 Å². The summed E-state index contributed by atoms with van der Waals surface area (Å²) in [6, 6.07) is 2.27. The van der Waals surface area contributed by atoms with Gasteiger partial charge in [0.2, 0.25) is 5.95 Å². The molecule has 0 aliphatic heterocycles. The second-order valence-corrected chi connectivity index (χ2v) is 3.88. The molecule has 0 bridgehead atoms. The van der Waals surface area contributed by atoms with Crippen molar-refractivity contribution in [3.63, 3.8) is 0 Å². The van der Waals surface area contributed by atoms with Crippen molar-refractivity contribution >= 4 is 17.6 Å². The molecule has 1 unspecified atom stereocenters. The number of aromatic nitrogens is 2. The maximum atomic E-state index is 5.65. The fourth-order valence-corrected chi connectivity index (χ4v) is 1.24. The van der Waals surface area contributed by atoms with E-state index in [2.05, 4.69) is 41.4 Å². The number of nitrogens with zero attached hydrogens (tertiary/aromatic N) is 2. The molecule has 0 amide bonds. The Kier molecular flexibility index (Phi) is 4.82. The Bertz CT molecular complexity index is 326. The second kappa shape index (κ2) is 6.15. The number of rotatable bonds is 6. The molecular formula is C11H21N5. The third kappa shape index (κ3) is 3.92. The summed E-state index contributed by atoms with van der Waals surface area (Å²) in [5.74, 6) is 1.85. The molecule has 0 saturated carbocycles. The minimum Gasteiger partial charge on any atom is -0.370 e. The molecule has 4 N–H and O–H groups in total. The van der Waals surface area contributed by atoms with E-state index in [1.807, 2.05) is 6.07 Å². The Morgan fingerprint density at radius 1 is 1.31 bits per heavy atom. The standard InChI is InChI=1S/C11H21N5/c1-4-6-13-9-7-10(14-8(3)5-2)16-11(12)15-9/h7-8H,4-6H2,1-3H3,(H4,12,13,14,15,16).